The van der Waals surface area contributed by atoms with Crippen molar-refractivity contribution in [2.75, 3.05) is 19.8 Å². The Kier molecular flexibility index (Phi) is 5.90. The molecular weight excluding hydrogens is 294 g/mol. The molecule has 122 valence electrons. The van der Waals surface area contributed by atoms with E-state index in [0.29, 0.717) is 17.9 Å². The van der Waals surface area contributed by atoms with Crippen molar-refractivity contribution in [2.45, 2.75) is 57.4 Å². The Morgan fingerprint density at radius 3 is 2.68 bits per heavy atom. The summed E-state index contributed by atoms with van der Waals surface area (Å²) in [5.41, 5.74) is 0. The van der Waals surface area contributed by atoms with E-state index < -0.39 is 0 Å². The molecule has 4 heteroatoms. The summed E-state index contributed by atoms with van der Waals surface area (Å²) in [5, 5.41) is 2.12. The summed E-state index contributed by atoms with van der Waals surface area (Å²) in [4.78, 5) is 16.4. The van der Waals surface area contributed by atoms with E-state index in [1.54, 1.807) is 11.3 Å². The first-order valence-electron chi connectivity index (χ1n) is 8.72. The smallest absolute Gasteiger partial charge is 0.223 e. The molecule has 0 unspecified atom stereocenters. The molecular formula is C18H27NO2S. The molecule has 2 fully saturated rings. The van der Waals surface area contributed by atoms with Gasteiger partial charge < -0.3 is 9.64 Å². The summed E-state index contributed by atoms with van der Waals surface area (Å²) < 4.78 is 5.48. The molecule has 2 aliphatic rings. The van der Waals surface area contributed by atoms with Crippen LogP contribution in [-0.2, 0) is 16.0 Å². The molecule has 1 saturated heterocycles. The van der Waals surface area contributed by atoms with Crippen LogP contribution in [0.5, 0.6) is 0 Å². The van der Waals surface area contributed by atoms with Crippen molar-refractivity contribution in [3.8, 4) is 0 Å². The van der Waals surface area contributed by atoms with Gasteiger partial charge in [-0.3, -0.25) is 4.79 Å². The van der Waals surface area contributed by atoms with Gasteiger partial charge in [0.1, 0.15) is 0 Å². The molecule has 2 heterocycles. The van der Waals surface area contributed by atoms with Crippen molar-refractivity contribution in [3.05, 3.63) is 22.4 Å². The summed E-state index contributed by atoms with van der Waals surface area (Å²) in [7, 11) is 0. The molecule has 0 N–H and O–H groups in total. The number of thiophene rings is 1. The normalized spacial score (nSPS) is 20.4. The molecule has 3 rings (SSSR count). The molecule has 0 radical (unpaired) electrons. The van der Waals surface area contributed by atoms with E-state index in [1.165, 1.54) is 30.6 Å². The maximum absolute atomic E-state index is 12.8. The Labute approximate surface area is 137 Å². The highest BCUT2D eigenvalue weighted by atomic mass is 32.1. The van der Waals surface area contributed by atoms with Gasteiger partial charge in [0.15, 0.2) is 0 Å². The Morgan fingerprint density at radius 1 is 1.23 bits per heavy atom. The lowest BCUT2D eigenvalue weighted by molar-refractivity contribution is -0.136. The second kappa shape index (κ2) is 8.11. The van der Waals surface area contributed by atoms with E-state index in [9.17, 15) is 4.79 Å². The first-order chi connectivity index (χ1) is 10.8. The van der Waals surface area contributed by atoms with Crippen LogP contribution in [0.25, 0.3) is 0 Å². The lowest BCUT2D eigenvalue weighted by Crippen LogP contribution is -2.44. The van der Waals surface area contributed by atoms with Crippen molar-refractivity contribution in [1.29, 1.82) is 0 Å². The van der Waals surface area contributed by atoms with Gasteiger partial charge in [-0.05, 0) is 49.5 Å². The fraction of sp³-hybridized carbons (Fsp3) is 0.722. The number of hydrogen-bond acceptors (Lipinski definition) is 3. The van der Waals surface area contributed by atoms with Gasteiger partial charge >= 0.3 is 0 Å². The Balaban J connectivity index is 1.59. The van der Waals surface area contributed by atoms with Gasteiger partial charge in [0.2, 0.25) is 5.91 Å². The molecule has 22 heavy (non-hydrogen) atoms. The van der Waals surface area contributed by atoms with Gasteiger partial charge in [-0.25, -0.2) is 0 Å². The average Bonchev–Trinajstić information content (AvgIpc) is 3.22. The highest BCUT2D eigenvalue weighted by molar-refractivity contribution is 7.09. The van der Waals surface area contributed by atoms with Crippen LogP contribution in [-0.4, -0.2) is 36.6 Å². The van der Waals surface area contributed by atoms with Gasteiger partial charge in [0.05, 0.1) is 0 Å². The highest BCUT2D eigenvalue weighted by Crippen LogP contribution is 2.29. The lowest BCUT2D eigenvalue weighted by atomic mass is 10.0. The molecule has 0 spiro atoms. The second-order valence-electron chi connectivity index (χ2n) is 6.61. The lowest BCUT2D eigenvalue weighted by Gasteiger charge is -2.35. The SMILES string of the molecule is O=C(CC1CCCC1)N(CCc1cccs1)C1CCOCC1. The Hall–Kier alpha value is -0.870. The fourth-order valence-corrected chi connectivity index (χ4v) is 4.47. The molecule has 0 bridgehead atoms. The summed E-state index contributed by atoms with van der Waals surface area (Å²) >= 11 is 1.79. The molecule has 1 aliphatic carbocycles. The second-order valence-corrected chi connectivity index (χ2v) is 7.65. The maximum Gasteiger partial charge on any atom is 0.223 e. The van der Waals surface area contributed by atoms with E-state index in [1.807, 2.05) is 0 Å². The molecule has 0 atom stereocenters. The quantitative estimate of drug-likeness (QED) is 0.796. The zero-order chi connectivity index (χ0) is 15.2. The zero-order valence-corrected chi connectivity index (χ0v) is 14.2. The number of ether oxygens (including phenoxy) is 1. The van der Waals surface area contributed by atoms with E-state index in [2.05, 4.69) is 22.4 Å². The van der Waals surface area contributed by atoms with E-state index >= 15 is 0 Å². The van der Waals surface area contributed by atoms with E-state index in [4.69, 9.17) is 4.74 Å². The van der Waals surface area contributed by atoms with Crippen LogP contribution in [0.3, 0.4) is 0 Å². The summed E-state index contributed by atoms with van der Waals surface area (Å²) in [6, 6.07) is 4.66. The van der Waals surface area contributed by atoms with Crippen molar-refractivity contribution in [2.24, 2.45) is 5.92 Å². The first-order valence-corrected chi connectivity index (χ1v) is 9.60. The first kappa shape index (κ1) is 16.0. The van der Waals surface area contributed by atoms with Crippen LogP contribution in [0.15, 0.2) is 17.5 Å². The summed E-state index contributed by atoms with van der Waals surface area (Å²) in [5.74, 6) is 1.02. The molecule has 1 saturated carbocycles. The molecule has 1 amide bonds. The summed E-state index contributed by atoms with van der Waals surface area (Å²) in [6.45, 7) is 2.48. The van der Waals surface area contributed by atoms with Crippen molar-refractivity contribution >= 4 is 17.2 Å². The summed E-state index contributed by atoms with van der Waals surface area (Å²) in [6.07, 6.45) is 8.88. The van der Waals surface area contributed by atoms with Gasteiger partial charge in [0, 0.05) is 37.1 Å². The van der Waals surface area contributed by atoms with Gasteiger partial charge in [-0.15, -0.1) is 11.3 Å². The minimum Gasteiger partial charge on any atom is -0.381 e. The maximum atomic E-state index is 12.8. The number of hydrogen-bond donors (Lipinski definition) is 0. The third kappa shape index (κ3) is 4.32. The number of carbonyl (C=O) groups is 1. The van der Waals surface area contributed by atoms with Crippen LogP contribution in [0.1, 0.15) is 49.8 Å². The largest absolute Gasteiger partial charge is 0.381 e. The van der Waals surface area contributed by atoms with Gasteiger partial charge in [0.25, 0.3) is 0 Å². The molecule has 1 aromatic rings. The monoisotopic (exact) mass is 321 g/mol. The van der Waals surface area contributed by atoms with Crippen LogP contribution >= 0.6 is 11.3 Å². The molecule has 1 aliphatic heterocycles. The number of rotatable bonds is 6. The van der Waals surface area contributed by atoms with Crippen LogP contribution in [0, 0.1) is 5.92 Å². The fourth-order valence-electron chi connectivity index (χ4n) is 3.77. The van der Waals surface area contributed by atoms with Crippen molar-refractivity contribution < 1.29 is 9.53 Å². The average molecular weight is 321 g/mol. The van der Waals surface area contributed by atoms with Crippen LogP contribution in [0.2, 0.25) is 0 Å². The van der Waals surface area contributed by atoms with Crippen molar-refractivity contribution in [3.63, 3.8) is 0 Å². The predicted octanol–water partition coefficient (Wildman–Crippen LogP) is 3.88. The highest BCUT2D eigenvalue weighted by Gasteiger charge is 2.28. The Bertz CT molecular complexity index is 448. The molecule has 0 aromatic carbocycles. The number of nitrogens with zero attached hydrogens (tertiary/aromatic N) is 1. The number of carbonyl (C=O) groups excluding carboxylic acids is 1. The van der Waals surface area contributed by atoms with Gasteiger partial charge in [-0.2, -0.15) is 0 Å². The Morgan fingerprint density at radius 2 is 2.00 bits per heavy atom. The predicted molar refractivity (Wildman–Crippen MR) is 90.2 cm³/mol. The standard InChI is InChI=1S/C18H27NO2S/c20-18(14-15-4-1-2-5-15)19(16-8-11-21-12-9-16)10-7-17-6-3-13-22-17/h3,6,13,15-16H,1-2,4-5,7-12,14H2. The topological polar surface area (TPSA) is 29.5 Å². The minimum absolute atomic E-state index is 0.385. The van der Waals surface area contributed by atoms with E-state index in [0.717, 1.165) is 45.4 Å². The van der Waals surface area contributed by atoms with E-state index in [-0.39, 0.29) is 0 Å². The van der Waals surface area contributed by atoms with Gasteiger partial charge in [-0.1, -0.05) is 18.9 Å². The molecule has 1 aromatic heterocycles. The number of amides is 1. The third-order valence-electron chi connectivity index (χ3n) is 5.07. The van der Waals surface area contributed by atoms with Crippen LogP contribution in [0.4, 0.5) is 0 Å². The minimum atomic E-state index is 0.385. The molecule has 3 nitrogen and oxygen atoms in total. The van der Waals surface area contributed by atoms with Crippen molar-refractivity contribution in [1.82, 2.24) is 4.90 Å². The third-order valence-corrected chi connectivity index (χ3v) is 6.01. The zero-order valence-electron chi connectivity index (χ0n) is 13.3. The van der Waals surface area contributed by atoms with Crippen LogP contribution < -0.4 is 0 Å².